The molecule has 0 heterocycles. The molecule has 0 fully saturated rings. The quantitative estimate of drug-likeness (QED) is 0.372. The first-order valence-corrected chi connectivity index (χ1v) is 11.1. The van der Waals surface area contributed by atoms with Crippen LogP contribution in [0.25, 0.3) is 21.5 Å². The monoisotopic (exact) mass is 378 g/mol. The molecular weight excluding hydrogens is 359 g/mol. The van der Waals surface area contributed by atoms with Crippen LogP contribution in [0.15, 0.2) is 115 Å². The molecule has 1 nitrogen and oxygen atoms in total. The molecule has 0 amide bonds. The minimum atomic E-state index is -2.99. The Labute approximate surface area is 164 Å². The third-order valence-corrected chi connectivity index (χ3v) is 8.35. The molecule has 5 rings (SSSR count). The predicted octanol–water partition coefficient (Wildman–Crippen LogP) is 5.63. The maximum absolute atomic E-state index is 14.7. The van der Waals surface area contributed by atoms with Gasteiger partial charge < -0.3 is 4.57 Å². The topological polar surface area (TPSA) is 17.1 Å². The smallest absolute Gasteiger partial charge is 0.171 e. The van der Waals surface area contributed by atoms with Crippen molar-refractivity contribution in [3.05, 3.63) is 115 Å². The molecule has 0 bridgehead atoms. The van der Waals surface area contributed by atoms with Gasteiger partial charge in [0.1, 0.15) is 0 Å². The Morgan fingerprint density at radius 3 is 1.32 bits per heavy atom. The van der Waals surface area contributed by atoms with Gasteiger partial charge in [-0.3, -0.25) is 0 Å². The van der Waals surface area contributed by atoms with Crippen molar-refractivity contribution in [3.63, 3.8) is 0 Å². The molecule has 0 aliphatic rings. The zero-order valence-corrected chi connectivity index (χ0v) is 16.2. The lowest BCUT2D eigenvalue weighted by molar-refractivity contribution is 0.592. The van der Waals surface area contributed by atoms with E-state index >= 15 is 0 Å². The van der Waals surface area contributed by atoms with E-state index in [1.807, 2.05) is 66.7 Å². The van der Waals surface area contributed by atoms with Crippen molar-refractivity contribution in [2.24, 2.45) is 0 Å². The second-order valence-electron chi connectivity index (χ2n) is 7.01. The highest BCUT2D eigenvalue weighted by molar-refractivity contribution is 7.85. The fraction of sp³-hybridized carbons (Fsp3) is 0. The van der Waals surface area contributed by atoms with E-state index in [1.54, 1.807) is 0 Å². The number of benzene rings is 5. The van der Waals surface area contributed by atoms with E-state index in [1.165, 1.54) is 0 Å². The van der Waals surface area contributed by atoms with Crippen molar-refractivity contribution in [2.75, 3.05) is 0 Å². The van der Waals surface area contributed by atoms with Crippen molar-refractivity contribution >= 4 is 44.6 Å². The van der Waals surface area contributed by atoms with Gasteiger partial charge in [-0.25, -0.2) is 0 Å². The highest BCUT2D eigenvalue weighted by Crippen LogP contribution is 2.43. The normalized spacial score (nSPS) is 11.7. The summed E-state index contributed by atoms with van der Waals surface area (Å²) < 4.78 is 14.7. The summed E-state index contributed by atoms with van der Waals surface area (Å²) in [5.41, 5.74) is 0. The fourth-order valence-corrected chi connectivity index (χ4v) is 6.53. The highest BCUT2D eigenvalue weighted by atomic mass is 31.2. The molecule has 0 aliphatic carbocycles. The Hall–Kier alpha value is -3.15. The van der Waals surface area contributed by atoms with Gasteiger partial charge in [-0.1, -0.05) is 103 Å². The fourth-order valence-electron chi connectivity index (χ4n) is 3.83. The van der Waals surface area contributed by atoms with Gasteiger partial charge in [-0.2, -0.15) is 0 Å². The molecular formula is C26H19OP. The molecule has 0 radical (unpaired) electrons. The lowest BCUT2D eigenvalue weighted by Crippen LogP contribution is -2.25. The van der Waals surface area contributed by atoms with Gasteiger partial charge in [-0.05, 0) is 33.7 Å². The molecule has 0 N–H and O–H groups in total. The SMILES string of the molecule is O=P(c1ccccc1)(c1ccc2ccccc2c1)c1ccc2ccccc2c1. The van der Waals surface area contributed by atoms with Gasteiger partial charge >= 0.3 is 0 Å². The second-order valence-corrected chi connectivity index (χ2v) is 9.78. The van der Waals surface area contributed by atoms with Crippen molar-refractivity contribution in [2.45, 2.75) is 0 Å². The van der Waals surface area contributed by atoms with E-state index in [4.69, 9.17) is 0 Å². The molecule has 5 aromatic rings. The lowest BCUT2D eigenvalue weighted by Gasteiger charge is -2.21. The van der Waals surface area contributed by atoms with Crippen molar-refractivity contribution in [1.29, 1.82) is 0 Å². The Kier molecular flexibility index (Phi) is 4.11. The first-order valence-electron chi connectivity index (χ1n) is 9.39. The maximum Gasteiger partial charge on any atom is 0.171 e. The average Bonchev–Trinajstić information content (AvgIpc) is 2.78. The third-order valence-electron chi connectivity index (χ3n) is 5.31. The van der Waals surface area contributed by atoms with Gasteiger partial charge in [0, 0.05) is 15.9 Å². The van der Waals surface area contributed by atoms with Crippen molar-refractivity contribution in [3.8, 4) is 0 Å². The predicted molar refractivity (Wildman–Crippen MR) is 121 cm³/mol. The number of rotatable bonds is 3. The summed E-state index contributed by atoms with van der Waals surface area (Å²) in [7, 11) is -2.99. The minimum Gasteiger partial charge on any atom is -0.309 e. The van der Waals surface area contributed by atoms with Crippen LogP contribution in [-0.2, 0) is 4.57 Å². The summed E-state index contributed by atoms with van der Waals surface area (Å²) in [5, 5.41) is 7.13. The van der Waals surface area contributed by atoms with Gasteiger partial charge in [0.15, 0.2) is 7.14 Å². The summed E-state index contributed by atoms with van der Waals surface area (Å²) in [6, 6.07) is 38.6. The van der Waals surface area contributed by atoms with Crippen LogP contribution in [0.3, 0.4) is 0 Å². The molecule has 134 valence electrons. The summed E-state index contributed by atoms with van der Waals surface area (Å²) in [6.45, 7) is 0. The van der Waals surface area contributed by atoms with Crippen LogP contribution in [0, 0.1) is 0 Å². The summed E-state index contributed by atoms with van der Waals surface area (Å²) in [6.07, 6.45) is 0. The first-order chi connectivity index (χ1) is 13.7. The molecule has 0 unspecified atom stereocenters. The second kappa shape index (κ2) is 6.78. The zero-order valence-electron chi connectivity index (χ0n) is 15.3. The van der Waals surface area contributed by atoms with Crippen LogP contribution in [0.5, 0.6) is 0 Å². The van der Waals surface area contributed by atoms with Crippen LogP contribution in [-0.4, -0.2) is 0 Å². The van der Waals surface area contributed by atoms with E-state index in [9.17, 15) is 4.57 Å². The number of hydrogen-bond acceptors (Lipinski definition) is 1. The van der Waals surface area contributed by atoms with Gasteiger partial charge in [0.25, 0.3) is 0 Å². The Morgan fingerprint density at radius 1 is 0.393 bits per heavy atom. The van der Waals surface area contributed by atoms with E-state index in [2.05, 4.69) is 48.5 Å². The van der Waals surface area contributed by atoms with Crippen LogP contribution < -0.4 is 15.9 Å². The Bertz CT molecular complexity index is 1260. The zero-order chi connectivity index (χ0) is 19.0. The van der Waals surface area contributed by atoms with Crippen molar-refractivity contribution in [1.82, 2.24) is 0 Å². The molecule has 0 saturated heterocycles. The molecule has 0 atom stereocenters. The van der Waals surface area contributed by atoms with Crippen LogP contribution >= 0.6 is 7.14 Å². The molecule has 2 heteroatoms. The van der Waals surface area contributed by atoms with E-state index in [0.29, 0.717) is 0 Å². The summed E-state index contributed by atoms with van der Waals surface area (Å²) in [4.78, 5) is 0. The third kappa shape index (κ3) is 2.76. The largest absolute Gasteiger partial charge is 0.309 e. The molecule has 28 heavy (non-hydrogen) atoms. The maximum atomic E-state index is 14.7. The highest BCUT2D eigenvalue weighted by Gasteiger charge is 2.30. The molecule has 0 aliphatic heterocycles. The van der Waals surface area contributed by atoms with Crippen LogP contribution in [0.1, 0.15) is 0 Å². The van der Waals surface area contributed by atoms with E-state index in [-0.39, 0.29) is 0 Å². The number of fused-ring (bicyclic) bond motifs is 2. The minimum absolute atomic E-state index is 0.862. The Morgan fingerprint density at radius 2 is 0.821 bits per heavy atom. The van der Waals surface area contributed by atoms with Gasteiger partial charge in [0.05, 0.1) is 0 Å². The van der Waals surface area contributed by atoms with E-state index < -0.39 is 7.14 Å². The van der Waals surface area contributed by atoms with Crippen LogP contribution in [0.4, 0.5) is 0 Å². The van der Waals surface area contributed by atoms with Crippen molar-refractivity contribution < 1.29 is 4.57 Å². The van der Waals surface area contributed by atoms with Gasteiger partial charge in [0.2, 0.25) is 0 Å². The average molecular weight is 378 g/mol. The van der Waals surface area contributed by atoms with Crippen LogP contribution in [0.2, 0.25) is 0 Å². The standard InChI is InChI=1S/C26H19OP/c27-28(24-12-2-1-3-13-24,25-16-14-20-8-4-6-10-22(20)18-25)26-17-15-21-9-5-7-11-23(21)19-26/h1-19H. The van der Waals surface area contributed by atoms with Gasteiger partial charge in [-0.15, -0.1) is 0 Å². The summed E-state index contributed by atoms with van der Waals surface area (Å²) in [5.74, 6) is 0. The molecule has 5 aromatic carbocycles. The molecule has 0 aromatic heterocycles. The van der Waals surface area contributed by atoms with E-state index in [0.717, 1.165) is 37.5 Å². The molecule has 0 spiro atoms. The Balaban J connectivity index is 1.80. The molecule has 0 saturated carbocycles. The summed E-state index contributed by atoms with van der Waals surface area (Å²) >= 11 is 0. The number of hydrogen-bond donors (Lipinski definition) is 0. The lowest BCUT2D eigenvalue weighted by atomic mass is 10.1. The first kappa shape index (κ1) is 17.0.